The predicted molar refractivity (Wildman–Crippen MR) is 70.8 cm³/mol. The van der Waals surface area contributed by atoms with Gasteiger partial charge in [0.25, 0.3) is 0 Å². The van der Waals surface area contributed by atoms with Crippen LogP contribution in [0.15, 0.2) is 18.2 Å². The van der Waals surface area contributed by atoms with E-state index < -0.39 is 23.5 Å². The second-order valence-electron chi connectivity index (χ2n) is 5.34. The van der Waals surface area contributed by atoms with Gasteiger partial charge < -0.3 is 5.32 Å². The number of hydrogen-bond acceptors (Lipinski definition) is 2. The van der Waals surface area contributed by atoms with Gasteiger partial charge in [-0.3, -0.25) is 4.79 Å². The van der Waals surface area contributed by atoms with Crippen LogP contribution in [0.3, 0.4) is 0 Å². The lowest BCUT2D eigenvalue weighted by molar-refractivity contribution is 0.0924. The Labute approximate surface area is 112 Å². The first kappa shape index (κ1) is 15.3. The SMILES string of the molecule is C#CCC(NC(C)(C)C)C(=O)c1ccc(F)cc1F. The van der Waals surface area contributed by atoms with Crippen LogP contribution in [0.2, 0.25) is 0 Å². The van der Waals surface area contributed by atoms with E-state index in [2.05, 4.69) is 11.2 Å². The standard InChI is InChI=1S/C15H17F2NO/c1-5-6-13(18-15(2,3)4)14(19)11-8-7-10(16)9-12(11)17/h1,7-9,13,18H,6H2,2-4H3. The predicted octanol–water partition coefficient (Wildman–Crippen LogP) is 2.93. The number of halogens is 2. The van der Waals surface area contributed by atoms with Gasteiger partial charge in [-0.1, -0.05) is 0 Å². The molecule has 1 unspecified atom stereocenters. The first-order valence-electron chi connectivity index (χ1n) is 5.95. The summed E-state index contributed by atoms with van der Waals surface area (Å²) in [5.74, 6) is 0.336. The molecule has 0 aliphatic heterocycles. The van der Waals surface area contributed by atoms with Gasteiger partial charge in [0.15, 0.2) is 5.78 Å². The van der Waals surface area contributed by atoms with Crippen LogP contribution in [0.25, 0.3) is 0 Å². The molecule has 0 aliphatic rings. The smallest absolute Gasteiger partial charge is 0.183 e. The molecule has 0 bridgehead atoms. The van der Waals surface area contributed by atoms with Gasteiger partial charge in [0.05, 0.1) is 11.6 Å². The Morgan fingerprint density at radius 1 is 1.42 bits per heavy atom. The summed E-state index contributed by atoms with van der Waals surface area (Å²) in [6.45, 7) is 5.64. The lowest BCUT2D eigenvalue weighted by atomic mass is 9.98. The van der Waals surface area contributed by atoms with Gasteiger partial charge in [-0.2, -0.15) is 0 Å². The van der Waals surface area contributed by atoms with Gasteiger partial charge in [-0.15, -0.1) is 12.3 Å². The third-order valence-electron chi connectivity index (χ3n) is 2.44. The molecule has 0 heterocycles. The van der Waals surface area contributed by atoms with Crippen LogP contribution >= 0.6 is 0 Å². The minimum absolute atomic E-state index is 0.146. The Morgan fingerprint density at radius 3 is 2.53 bits per heavy atom. The molecule has 0 fully saturated rings. The van der Waals surface area contributed by atoms with Crippen LogP contribution in [0.1, 0.15) is 37.6 Å². The van der Waals surface area contributed by atoms with Crippen LogP contribution in [-0.2, 0) is 0 Å². The zero-order valence-corrected chi connectivity index (χ0v) is 11.3. The highest BCUT2D eigenvalue weighted by Crippen LogP contribution is 2.15. The maximum absolute atomic E-state index is 13.6. The van der Waals surface area contributed by atoms with Crippen LogP contribution in [-0.4, -0.2) is 17.4 Å². The van der Waals surface area contributed by atoms with Crippen molar-refractivity contribution in [2.75, 3.05) is 0 Å². The van der Waals surface area contributed by atoms with Gasteiger partial charge >= 0.3 is 0 Å². The highest BCUT2D eigenvalue weighted by molar-refractivity contribution is 6.00. The molecule has 1 atom stereocenters. The highest BCUT2D eigenvalue weighted by Gasteiger charge is 2.26. The van der Waals surface area contributed by atoms with Gasteiger partial charge in [0.2, 0.25) is 0 Å². The fourth-order valence-electron chi connectivity index (χ4n) is 1.73. The van der Waals surface area contributed by atoms with E-state index in [-0.39, 0.29) is 17.5 Å². The van der Waals surface area contributed by atoms with Crippen molar-refractivity contribution in [1.82, 2.24) is 5.32 Å². The van der Waals surface area contributed by atoms with Gasteiger partial charge in [0, 0.05) is 18.0 Å². The third kappa shape index (κ3) is 4.46. The topological polar surface area (TPSA) is 29.1 Å². The van der Waals surface area contributed by atoms with Gasteiger partial charge in [-0.25, -0.2) is 8.78 Å². The van der Waals surface area contributed by atoms with E-state index in [9.17, 15) is 13.6 Å². The number of carbonyl (C=O) groups excluding carboxylic acids is 1. The quantitative estimate of drug-likeness (QED) is 0.670. The summed E-state index contributed by atoms with van der Waals surface area (Å²) in [6, 6.07) is 2.20. The van der Waals surface area contributed by atoms with E-state index in [1.165, 1.54) is 0 Å². The summed E-state index contributed by atoms with van der Waals surface area (Å²) in [5.41, 5.74) is -0.494. The molecular weight excluding hydrogens is 248 g/mol. The molecule has 4 heteroatoms. The summed E-state index contributed by atoms with van der Waals surface area (Å²) in [4.78, 5) is 12.2. The molecule has 1 aromatic rings. The summed E-state index contributed by atoms with van der Waals surface area (Å²) in [6.07, 6.45) is 5.38. The number of Topliss-reactive ketones (excluding diaryl/α,β-unsaturated/α-hetero) is 1. The molecule has 0 radical (unpaired) electrons. The normalized spacial score (nSPS) is 12.8. The number of terminal acetylenes is 1. The Hall–Kier alpha value is -1.73. The zero-order chi connectivity index (χ0) is 14.6. The molecule has 0 spiro atoms. The second-order valence-corrected chi connectivity index (χ2v) is 5.34. The molecule has 0 amide bonds. The zero-order valence-electron chi connectivity index (χ0n) is 11.3. The Morgan fingerprint density at radius 2 is 2.05 bits per heavy atom. The number of benzene rings is 1. The van der Waals surface area contributed by atoms with E-state index in [1.807, 2.05) is 20.8 Å². The number of nitrogens with one attached hydrogen (secondary N) is 1. The van der Waals surface area contributed by atoms with E-state index >= 15 is 0 Å². The molecule has 19 heavy (non-hydrogen) atoms. The molecule has 1 rings (SSSR count). The van der Waals surface area contributed by atoms with Crippen molar-refractivity contribution < 1.29 is 13.6 Å². The molecule has 102 valence electrons. The summed E-state index contributed by atoms with van der Waals surface area (Å²) in [7, 11) is 0. The largest absolute Gasteiger partial charge is 0.302 e. The van der Waals surface area contributed by atoms with Crippen LogP contribution in [0.4, 0.5) is 8.78 Å². The maximum atomic E-state index is 13.6. The van der Waals surface area contributed by atoms with Crippen LogP contribution < -0.4 is 5.32 Å². The second kappa shape index (κ2) is 5.94. The molecule has 0 aromatic heterocycles. The minimum atomic E-state index is -0.872. The Kier molecular flexibility index (Phi) is 4.79. The Bertz CT molecular complexity index is 512. The fraction of sp³-hybridized carbons (Fsp3) is 0.400. The molecule has 1 N–H and O–H groups in total. The van der Waals surface area contributed by atoms with E-state index in [0.717, 1.165) is 12.1 Å². The third-order valence-corrected chi connectivity index (χ3v) is 2.44. The lowest BCUT2D eigenvalue weighted by Crippen LogP contribution is -2.47. The lowest BCUT2D eigenvalue weighted by Gasteiger charge is -2.26. The molecule has 0 aliphatic carbocycles. The molecule has 1 aromatic carbocycles. The minimum Gasteiger partial charge on any atom is -0.302 e. The number of carbonyl (C=O) groups is 1. The first-order valence-corrected chi connectivity index (χ1v) is 5.95. The highest BCUT2D eigenvalue weighted by atomic mass is 19.1. The number of hydrogen-bond donors (Lipinski definition) is 1. The van der Waals surface area contributed by atoms with Crippen LogP contribution in [0.5, 0.6) is 0 Å². The maximum Gasteiger partial charge on any atom is 0.183 e. The van der Waals surface area contributed by atoms with Gasteiger partial charge in [0.1, 0.15) is 11.6 Å². The van der Waals surface area contributed by atoms with E-state index in [1.54, 1.807) is 0 Å². The molecular formula is C15H17F2NO. The monoisotopic (exact) mass is 265 g/mol. The Balaban J connectivity index is 3.03. The molecule has 0 saturated carbocycles. The average molecular weight is 265 g/mol. The van der Waals surface area contributed by atoms with Crippen molar-refractivity contribution in [3.05, 3.63) is 35.4 Å². The molecule has 0 saturated heterocycles. The van der Waals surface area contributed by atoms with Gasteiger partial charge in [-0.05, 0) is 32.9 Å². The van der Waals surface area contributed by atoms with Crippen molar-refractivity contribution in [2.24, 2.45) is 0 Å². The van der Waals surface area contributed by atoms with E-state index in [4.69, 9.17) is 6.42 Å². The van der Waals surface area contributed by atoms with Crippen molar-refractivity contribution >= 4 is 5.78 Å². The average Bonchev–Trinajstić information content (AvgIpc) is 2.26. The summed E-state index contributed by atoms with van der Waals surface area (Å²) >= 11 is 0. The van der Waals surface area contributed by atoms with Crippen LogP contribution in [0, 0.1) is 24.0 Å². The van der Waals surface area contributed by atoms with Crippen molar-refractivity contribution in [3.8, 4) is 12.3 Å². The first-order chi connectivity index (χ1) is 8.74. The van der Waals surface area contributed by atoms with E-state index in [0.29, 0.717) is 6.07 Å². The number of ketones is 1. The molecule has 2 nitrogen and oxygen atoms in total. The van der Waals surface area contributed by atoms with Crippen molar-refractivity contribution in [3.63, 3.8) is 0 Å². The summed E-state index contributed by atoms with van der Waals surface area (Å²) < 4.78 is 26.4. The fourth-order valence-corrected chi connectivity index (χ4v) is 1.73. The summed E-state index contributed by atoms with van der Waals surface area (Å²) in [5, 5.41) is 3.04. The van der Waals surface area contributed by atoms with Crippen molar-refractivity contribution in [2.45, 2.75) is 38.8 Å². The van der Waals surface area contributed by atoms with Crippen molar-refractivity contribution in [1.29, 1.82) is 0 Å². The number of rotatable bonds is 4.